The number of nitrogens with one attached hydrogen (secondary N) is 2. The first kappa shape index (κ1) is 8.45. The number of hydrogen-bond acceptors (Lipinski definition) is 2. The molecule has 4 heteroatoms. The molecule has 0 bridgehead atoms. The van der Waals surface area contributed by atoms with Gasteiger partial charge in [-0.25, -0.2) is 0 Å². The quantitative estimate of drug-likeness (QED) is 0.528. The van der Waals surface area contributed by atoms with E-state index in [1.165, 1.54) is 12.3 Å². The Balaban J connectivity index is 2.56. The fraction of sp³-hybridized carbons (Fsp3) is 1.00. The number of hydrogen-bond donors (Lipinski definition) is 2. The summed E-state index contributed by atoms with van der Waals surface area (Å²) >= 11 is 0. The lowest BCUT2D eigenvalue weighted by molar-refractivity contribution is 0.835. The van der Waals surface area contributed by atoms with Crippen molar-refractivity contribution in [2.75, 3.05) is 12.3 Å². The molecule has 60 valence electrons. The zero-order valence-electron chi connectivity index (χ0n) is 7.41. The summed E-state index contributed by atoms with van der Waals surface area (Å²) < 4.78 is 3.85. The van der Waals surface area contributed by atoms with Gasteiger partial charge in [-0.05, 0) is 0 Å². The topological polar surface area (TPSA) is 24.1 Å². The van der Waals surface area contributed by atoms with Gasteiger partial charge in [0.2, 0.25) is 0 Å². The van der Waals surface area contributed by atoms with Gasteiger partial charge in [0.05, 0.1) is 0 Å². The van der Waals surface area contributed by atoms with Crippen LogP contribution in [0.3, 0.4) is 0 Å². The molecule has 1 aliphatic rings. The second-order valence-electron chi connectivity index (χ2n) is 4.50. The molecule has 2 N–H and O–H groups in total. The monoisotopic (exact) mass is 174 g/mol. The van der Waals surface area contributed by atoms with Gasteiger partial charge in [-0.15, -0.1) is 0 Å². The maximum Gasteiger partial charge on any atom is 0.126 e. The maximum atomic E-state index is 3.85. The molecule has 0 unspecified atom stereocenters. The van der Waals surface area contributed by atoms with Gasteiger partial charge in [-0.1, -0.05) is 26.2 Å². The summed E-state index contributed by atoms with van der Waals surface area (Å²) in [5.41, 5.74) is 0. The maximum absolute atomic E-state index is 3.85. The molecule has 0 aliphatic carbocycles. The molecule has 0 saturated carbocycles. The van der Waals surface area contributed by atoms with Crippen LogP contribution in [0.4, 0.5) is 0 Å². The van der Waals surface area contributed by atoms with E-state index in [1.54, 1.807) is 0 Å². The molecule has 0 amide bonds. The van der Waals surface area contributed by atoms with Gasteiger partial charge in [0.1, 0.15) is 16.5 Å². The summed E-state index contributed by atoms with van der Waals surface area (Å²) in [4.78, 5) is 0. The van der Waals surface area contributed by atoms with Gasteiger partial charge < -0.3 is 9.96 Å². The van der Waals surface area contributed by atoms with E-state index in [0.717, 1.165) is 0 Å². The average molecular weight is 174 g/mol. The van der Waals surface area contributed by atoms with Crippen molar-refractivity contribution in [1.29, 1.82) is 0 Å². The zero-order chi connectivity index (χ0) is 7.83. The van der Waals surface area contributed by atoms with Crippen molar-refractivity contribution in [2.45, 2.75) is 26.2 Å². The Bertz CT molecular complexity index is 120. The number of rotatable bonds is 0. The molecule has 0 aromatic rings. The predicted octanol–water partition coefficient (Wildman–Crippen LogP) is 0.668. The molecule has 0 radical (unpaired) electrons. The van der Waals surface area contributed by atoms with Crippen molar-refractivity contribution in [1.82, 2.24) is 9.96 Å². The van der Waals surface area contributed by atoms with Crippen LogP contribution in [0.2, 0.25) is 26.2 Å². The van der Waals surface area contributed by atoms with Gasteiger partial charge in [-0.2, -0.15) is 0 Å². The third kappa shape index (κ3) is 2.19. The fourth-order valence-electron chi connectivity index (χ4n) is 1.69. The van der Waals surface area contributed by atoms with E-state index in [1.807, 2.05) is 0 Å². The summed E-state index contributed by atoms with van der Waals surface area (Å²) in [7, 11) is -2.05. The van der Waals surface area contributed by atoms with Crippen LogP contribution in [0.5, 0.6) is 0 Å². The summed E-state index contributed by atoms with van der Waals surface area (Å²) in [5, 5.41) is 3.53. The van der Waals surface area contributed by atoms with Gasteiger partial charge in [0.15, 0.2) is 0 Å². The van der Waals surface area contributed by atoms with Crippen molar-refractivity contribution < 1.29 is 0 Å². The minimum absolute atomic E-state index is 1.03. The van der Waals surface area contributed by atoms with E-state index < -0.39 is 16.5 Å². The van der Waals surface area contributed by atoms with E-state index in [0.29, 0.717) is 0 Å². The van der Waals surface area contributed by atoms with Crippen LogP contribution in [-0.4, -0.2) is 28.8 Å². The third-order valence-corrected chi connectivity index (χ3v) is 9.49. The highest BCUT2D eigenvalue weighted by molar-refractivity contribution is 6.92. The van der Waals surface area contributed by atoms with Gasteiger partial charge in [0, 0.05) is 12.3 Å². The van der Waals surface area contributed by atoms with Crippen LogP contribution in [0, 0.1) is 0 Å². The highest BCUT2D eigenvalue weighted by Gasteiger charge is 2.34. The van der Waals surface area contributed by atoms with Gasteiger partial charge >= 0.3 is 0 Å². The molecule has 0 aromatic heterocycles. The highest BCUT2D eigenvalue weighted by atomic mass is 28.4. The summed E-state index contributed by atoms with van der Waals surface area (Å²) in [6.45, 7) is 9.59. The van der Waals surface area contributed by atoms with Crippen LogP contribution in [-0.2, 0) is 0 Å². The van der Waals surface area contributed by atoms with E-state index in [9.17, 15) is 0 Å². The molecule has 1 heterocycles. The van der Waals surface area contributed by atoms with Crippen LogP contribution in [0.1, 0.15) is 0 Å². The molecule has 0 aromatic carbocycles. The normalized spacial score (nSPS) is 30.0. The molecule has 1 aliphatic heterocycles. The Morgan fingerprint density at radius 2 is 1.30 bits per heavy atom. The standard InChI is InChI=1S/C6H18N2Si2/c1-9(2)5-7-6-10(3,4)8-9/h7-8H,5-6H2,1-4H3. The van der Waals surface area contributed by atoms with Crippen molar-refractivity contribution in [3.63, 3.8) is 0 Å². The Hall–Kier alpha value is 0.354. The van der Waals surface area contributed by atoms with Crippen LogP contribution >= 0.6 is 0 Å². The van der Waals surface area contributed by atoms with E-state index in [4.69, 9.17) is 0 Å². The molecule has 0 spiro atoms. The SMILES string of the molecule is C[Si]1(C)CNC[Si](C)(C)N1. The minimum Gasteiger partial charge on any atom is -0.358 e. The summed E-state index contributed by atoms with van der Waals surface area (Å²) in [5.74, 6) is 0. The van der Waals surface area contributed by atoms with Crippen molar-refractivity contribution in [3.8, 4) is 0 Å². The van der Waals surface area contributed by atoms with Crippen molar-refractivity contribution in [3.05, 3.63) is 0 Å². The predicted molar refractivity (Wildman–Crippen MR) is 51.0 cm³/mol. The molecule has 2 nitrogen and oxygen atoms in total. The lowest BCUT2D eigenvalue weighted by Crippen LogP contribution is -2.72. The van der Waals surface area contributed by atoms with E-state index in [2.05, 4.69) is 36.2 Å². The Labute approximate surface area is 65.6 Å². The Kier molecular flexibility index (Phi) is 2.06. The Morgan fingerprint density at radius 1 is 0.900 bits per heavy atom. The minimum atomic E-state index is -1.03. The van der Waals surface area contributed by atoms with Crippen LogP contribution < -0.4 is 9.96 Å². The smallest absolute Gasteiger partial charge is 0.126 e. The molecular weight excluding hydrogens is 156 g/mol. The lowest BCUT2D eigenvalue weighted by atomic mass is 11.2. The molecule has 1 fully saturated rings. The summed E-state index contributed by atoms with van der Waals surface area (Å²) in [6, 6.07) is 0. The second kappa shape index (κ2) is 2.44. The van der Waals surface area contributed by atoms with Crippen LogP contribution in [0.25, 0.3) is 0 Å². The van der Waals surface area contributed by atoms with Gasteiger partial charge in [-0.3, -0.25) is 0 Å². The first-order chi connectivity index (χ1) is 4.41. The fourth-order valence-corrected chi connectivity index (χ4v) is 11.5. The molecule has 1 saturated heterocycles. The van der Waals surface area contributed by atoms with Gasteiger partial charge in [0.25, 0.3) is 0 Å². The molecule has 0 atom stereocenters. The third-order valence-electron chi connectivity index (χ3n) is 1.81. The lowest BCUT2D eigenvalue weighted by Gasteiger charge is -2.40. The first-order valence-electron chi connectivity index (χ1n) is 3.91. The zero-order valence-corrected chi connectivity index (χ0v) is 9.41. The molecule has 10 heavy (non-hydrogen) atoms. The van der Waals surface area contributed by atoms with E-state index >= 15 is 0 Å². The van der Waals surface area contributed by atoms with Crippen molar-refractivity contribution >= 4 is 16.5 Å². The Morgan fingerprint density at radius 3 is 1.50 bits per heavy atom. The molecular formula is C6H18N2Si2. The highest BCUT2D eigenvalue weighted by Crippen LogP contribution is 2.07. The largest absolute Gasteiger partial charge is 0.358 e. The summed E-state index contributed by atoms with van der Waals surface area (Å²) in [6.07, 6.45) is 2.48. The van der Waals surface area contributed by atoms with E-state index in [-0.39, 0.29) is 0 Å². The van der Waals surface area contributed by atoms with Crippen molar-refractivity contribution in [2.24, 2.45) is 0 Å². The van der Waals surface area contributed by atoms with Crippen LogP contribution in [0.15, 0.2) is 0 Å². The molecule has 1 rings (SSSR count). The average Bonchev–Trinajstić information content (AvgIpc) is 1.56. The first-order valence-corrected chi connectivity index (χ1v) is 10.3. The second-order valence-corrected chi connectivity index (χ2v) is 13.7.